The summed E-state index contributed by atoms with van der Waals surface area (Å²) in [7, 11) is 0. The molecule has 3 amide bonds. The lowest BCUT2D eigenvalue weighted by atomic mass is 9.70. The third kappa shape index (κ3) is 6.72. The van der Waals surface area contributed by atoms with Crippen LogP contribution in [0.5, 0.6) is 0 Å². The van der Waals surface area contributed by atoms with Gasteiger partial charge >= 0.3 is 5.97 Å². The lowest BCUT2D eigenvalue weighted by Crippen LogP contribution is -2.59. The lowest BCUT2D eigenvalue weighted by molar-refractivity contribution is -0.152. The van der Waals surface area contributed by atoms with Crippen LogP contribution in [0.25, 0.3) is 11.0 Å². The topological polar surface area (TPSA) is 156 Å². The number of aromatic nitrogens is 3. The summed E-state index contributed by atoms with van der Waals surface area (Å²) in [5, 5.41) is 22.0. The van der Waals surface area contributed by atoms with Crippen LogP contribution in [0.2, 0.25) is 0 Å². The molecular formula is C37H43BrN6O7. The number of hydrogen-bond acceptors (Lipinski definition) is 9. The summed E-state index contributed by atoms with van der Waals surface area (Å²) in [6.07, 6.45) is 3.80. The van der Waals surface area contributed by atoms with Gasteiger partial charge in [-0.15, -0.1) is 18.3 Å². The van der Waals surface area contributed by atoms with Crippen LogP contribution in [0.4, 0.5) is 0 Å². The molecule has 51 heavy (non-hydrogen) atoms. The second kappa shape index (κ2) is 15.5. The molecule has 1 spiro atoms. The fourth-order valence-electron chi connectivity index (χ4n) is 7.83. The first kappa shape index (κ1) is 36.4. The summed E-state index contributed by atoms with van der Waals surface area (Å²) in [6, 6.07) is 14.0. The highest BCUT2D eigenvalue weighted by atomic mass is 79.9. The van der Waals surface area contributed by atoms with E-state index in [9.17, 15) is 24.3 Å². The Balaban J connectivity index is 1.33. The Morgan fingerprint density at radius 3 is 2.63 bits per heavy atom. The zero-order chi connectivity index (χ0) is 36.3. The fraction of sp³-hybridized carbons (Fsp3) is 0.459. The maximum absolute atomic E-state index is 14.9. The molecule has 0 saturated carbocycles. The molecule has 1 unspecified atom stereocenters. The summed E-state index contributed by atoms with van der Waals surface area (Å²) in [4.78, 5) is 59.0. The molecule has 2 aromatic carbocycles. The maximum atomic E-state index is 14.9. The van der Waals surface area contributed by atoms with E-state index in [0.717, 1.165) is 11.1 Å². The average Bonchev–Trinajstić information content (AvgIpc) is 3.87. The number of hydrogen-bond donors (Lipinski definition) is 2. The molecule has 0 aliphatic carbocycles. The van der Waals surface area contributed by atoms with Gasteiger partial charge in [-0.05, 0) is 37.0 Å². The highest BCUT2D eigenvalue weighted by Crippen LogP contribution is 2.60. The molecule has 3 aromatic rings. The number of esters is 1. The highest BCUT2D eigenvalue weighted by Gasteiger charge is 2.77. The monoisotopic (exact) mass is 762 g/mol. The summed E-state index contributed by atoms with van der Waals surface area (Å²) in [6.45, 7) is 9.01. The first-order chi connectivity index (χ1) is 24.7. The van der Waals surface area contributed by atoms with Gasteiger partial charge in [-0.3, -0.25) is 19.2 Å². The zero-order valence-electron chi connectivity index (χ0n) is 28.5. The molecule has 2 bridgehead atoms. The molecule has 0 radical (unpaired) electrons. The second-order valence-electron chi connectivity index (χ2n) is 13.2. The number of ether oxygens (including phenoxy) is 2. The lowest BCUT2D eigenvalue weighted by Gasteiger charge is -2.39. The van der Waals surface area contributed by atoms with Crippen molar-refractivity contribution >= 4 is 50.7 Å². The van der Waals surface area contributed by atoms with Gasteiger partial charge in [0.1, 0.15) is 30.4 Å². The number of amides is 3. The van der Waals surface area contributed by atoms with Gasteiger partial charge in [-0.25, -0.2) is 4.68 Å². The van der Waals surface area contributed by atoms with Gasteiger partial charge in [0.2, 0.25) is 17.7 Å². The molecule has 270 valence electrons. The fourth-order valence-corrected chi connectivity index (χ4v) is 8.77. The van der Waals surface area contributed by atoms with Crippen molar-refractivity contribution in [3.63, 3.8) is 0 Å². The van der Waals surface area contributed by atoms with Crippen LogP contribution in [0.15, 0.2) is 79.9 Å². The van der Waals surface area contributed by atoms with Crippen LogP contribution in [-0.2, 0) is 35.3 Å². The van der Waals surface area contributed by atoms with E-state index in [1.165, 1.54) is 4.90 Å². The van der Waals surface area contributed by atoms with E-state index >= 15 is 0 Å². The predicted molar refractivity (Wildman–Crippen MR) is 191 cm³/mol. The minimum absolute atomic E-state index is 0.0237. The Hall–Kier alpha value is -4.40. The van der Waals surface area contributed by atoms with Gasteiger partial charge < -0.3 is 29.7 Å². The van der Waals surface area contributed by atoms with Gasteiger partial charge in [-0.2, -0.15) is 0 Å². The normalized spacial score (nSPS) is 26.1. The standard InChI is InChI=1S/C37H43BrN6O7/c1-4-7-17-29(46)50-21-27(23-13-9-8-10-14-23)39-34(47)30-31-35(48)44(24(6-3)20-45)33(37(31)19-25(38)32(30)51-37)36(49)42(18-5-2)22-43-28-16-12-11-15-26(28)40-41-43/h4-5,8-16,24-25,27,30-33,45H,1-2,6-7,17-22H2,3H3,(H,39,47)/t24-,25?,27+,30-,31+,32-,33-,37+/m0/s1. The van der Waals surface area contributed by atoms with Crippen LogP contribution >= 0.6 is 15.9 Å². The molecule has 3 aliphatic heterocycles. The molecule has 14 heteroatoms. The van der Waals surface area contributed by atoms with Crippen molar-refractivity contribution in [3.05, 3.63) is 85.5 Å². The molecule has 3 fully saturated rings. The van der Waals surface area contributed by atoms with Crippen molar-refractivity contribution in [2.45, 2.75) is 73.9 Å². The largest absolute Gasteiger partial charge is 0.463 e. The summed E-state index contributed by atoms with van der Waals surface area (Å²) >= 11 is 3.73. The van der Waals surface area contributed by atoms with Crippen molar-refractivity contribution < 1.29 is 33.8 Å². The van der Waals surface area contributed by atoms with E-state index in [0.29, 0.717) is 24.8 Å². The quantitative estimate of drug-likeness (QED) is 0.127. The molecular weight excluding hydrogens is 720 g/mol. The van der Waals surface area contributed by atoms with Gasteiger partial charge in [-0.1, -0.05) is 82.7 Å². The highest BCUT2D eigenvalue weighted by molar-refractivity contribution is 9.09. The van der Waals surface area contributed by atoms with E-state index in [4.69, 9.17) is 9.47 Å². The van der Waals surface area contributed by atoms with Crippen LogP contribution in [0.1, 0.15) is 44.2 Å². The van der Waals surface area contributed by atoms with E-state index < -0.39 is 65.4 Å². The SMILES string of the molecule is C=CCCC(=O)OC[C@@H](NC(=O)[C@@H]1[C@H]2O[C@@]3(CC2Br)[C@H](C(=O)N(CC=C)Cn2nnc4ccccc42)N([C@@H](CC)CO)C(=O)[C@@H]13)c1ccccc1. The van der Waals surface area contributed by atoms with Gasteiger partial charge in [0.15, 0.2) is 0 Å². The number of nitrogens with one attached hydrogen (secondary N) is 1. The first-order valence-electron chi connectivity index (χ1n) is 17.2. The number of fused-ring (bicyclic) bond motifs is 2. The van der Waals surface area contributed by atoms with Crippen LogP contribution in [-0.4, -0.2) is 102 Å². The molecule has 3 aliphatic rings. The number of aliphatic hydroxyl groups is 1. The number of halogens is 1. The molecule has 6 rings (SSSR count). The third-order valence-electron chi connectivity index (χ3n) is 10.2. The van der Waals surface area contributed by atoms with E-state index in [1.807, 2.05) is 61.5 Å². The molecule has 13 nitrogen and oxygen atoms in total. The van der Waals surface area contributed by atoms with Gasteiger partial charge in [0.05, 0.1) is 42.1 Å². The number of likely N-dealkylation sites (tertiary alicyclic amines) is 1. The molecule has 1 aromatic heterocycles. The number of nitrogens with zero attached hydrogens (tertiary/aromatic N) is 5. The number of alkyl halides is 1. The molecule has 4 heterocycles. The van der Waals surface area contributed by atoms with Crippen LogP contribution in [0, 0.1) is 11.8 Å². The number of rotatable bonds is 16. The molecule has 8 atom stereocenters. The van der Waals surface area contributed by atoms with Crippen LogP contribution in [0.3, 0.4) is 0 Å². The van der Waals surface area contributed by atoms with Crippen molar-refractivity contribution in [3.8, 4) is 0 Å². The zero-order valence-corrected chi connectivity index (χ0v) is 30.1. The minimum atomic E-state index is -1.36. The van der Waals surface area contributed by atoms with Gasteiger partial charge in [0.25, 0.3) is 0 Å². The average molecular weight is 764 g/mol. The number of allylic oxidation sites excluding steroid dienone is 1. The number of carbonyl (C=O) groups excluding carboxylic acids is 4. The summed E-state index contributed by atoms with van der Waals surface area (Å²) in [5.74, 6) is -3.69. The summed E-state index contributed by atoms with van der Waals surface area (Å²) < 4.78 is 13.9. The Kier molecular flexibility index (Phi) is 11.0. The number of carbonyl (C=O) groups is 4. The second-order valence-corrected chi connectivity index (χ2v) is 14.4. The maximum Gasteiger partial charge on any atom is 0.306 e. The van der Waals surface area contributed by atoms with Crippen molar-refractivity contribution in [2.24, 2.45) is 11.8 Å². The molecule has 2 N–H and O–H groups in total. The van der Waals surface area contributed by atoms with Crippen molar-refractivity contribution in [2.75, 3.05) is 19.8 Å². The number of benzene rings is 2. The number of para-hydroxylation sites is 1. The Labute approximate surface area is 304 Å². The Bertz CT molecular complexity index is 1780. The summed E-state index contributed by atoms with van der Waals surface area (Å²) in [5.41, 5.74) is 0.753. The Morgan fingerprint density at radius 2 is 1.92 bits per heavy atom. The minimum Gasteiger partial charge on any atom is -0.463 e. The van der Waals surface area contributed by atoms with Crippen LogP contribution < -0.4 is 5.32 Å². The first-order valence-corrected chi connectivity index (χ1v) is 18.1. The Morgan fingerprint density at radius 1 is 1.18 bits per heavy atom. The van der Waals surface area contributed by atoms with Gasteiger partial charge in [0, 0.05) is 17.8 Å². The van der Waals surface area contributed by atoms with E-state index in [2.05, 4.69) is 44.7 Å². The smallest absolute Gasteiger partial charge is 0.306 e. The number of aliphatic hydroxyl groups excluding tert-OH is 1. The predicted octanol–water partition coefficient (Wildman–Crippen LogP) is 3.29. The van der Waals surface area contributed by atoms with E-state index in [1.54, 1.807) is 21.7 Å². The third-order valence-corrected chi connectivity index (χ3v) is 11.1. The van der Waals surface area contributed by atoms with E-state index in [-0.39, 0.29) is 37.7 Å². The van der Waals surface area contributed by atoms with Crippen molar-refractivity contribution in [1.29, 1.82) is 0 Å². The molecule has 3 saturated heterocycles. The van der Waals surface area contributed by atoms with Crippen molar-refractivity contribution in [1.82, 2.24) is 30.1 Å².